The first-order valence-electron chi connectivity index (χ1n) is 11.7. The molecular weight excluding hydrogens is 480 g/mol. The van der Waals surface area contributed by atoms with Gasteiger partial charge in [0.25, 0.3) is 11.5 Å². The van der Waals surface area contributed by atoms with Crippen LogP contribution < -0.4 is 10.9 Å². The molecule has 5 rings (SSSR count). The Labute approximate surface area is 213 Å². The molecule has 2 saturated heterocycles. The largest absolute Gasteiger partial charge is 0.376 e. The van der Waals surface area contributed by atoms with Crippen LogP contribution in [0.2, 0.25) is 0 Å². The minimum absolute atomic E-state index is 0.0798. The summed E-state index contributed by atoms with van der Waals surface area (Å²) in [6, 6.07) is 13.7. The topological polar surface area (TPSA) is 75.9 Å². The molecule has 180 valence electrons. The van der Waals surface area contributed by atoms with Crippen LogP contribution in [-0.4, -0.2) is 50.3 Å². The van der Waals surface area contributed by atoms with E-state index >= 15 is 0 Å². The maximum atomic E-state index is 13.5. The Bertz CT molecular complexity index is 1360. The van der Waals surface area contributed by atoms with Crippen molar-refractivity contribution in [2.24, 2.45) is 0 Å². The van der Waals surface area contributed by atoms with Gasteiger partial charge in [-0.3, -0.25) is 18.9 Å². The van der Waals surface area contributed by atoms with Crippen molar-refractivity contribution >= 4 is 51.7 Å². The second-order valence-electron chi connectivity index (χ2n) is 8.65. The third-order valence-electron chi connectivity index (χ3n) is 6.22. The molecule has 0 radical (unpaired) electrons. The maximum absolute atomic E-state index is 13.5. The lowest BCUT2D eigenvalue weighted by Gasteiger charge is -2.15. The van der Waals surface area contributed by atoms with Crippen molar-refractivity contribution in [3.63, 3.8) is 0 Å². The average Bonchev–Trinajstić information content (AvgIpc) is 3.47. The summed E-state index contributed by atoms with van der Waals surface area (Å²) in [4.78, 5) is 33.5. The number of carbonyl (C=O) groups is 1. The summed E-state index contributed by atoms with van der Waals surface area (Å²) in [7, 11) is 0. The van der Waals surface area contributed by atoms with Gasteiger partial charge in [0.2, 0.25) is 0 Å². The first kappa shape index (κ1) is 23.7. The highest BCUT2D eigenvalue weighted by Crippen LogP contribution is 2.33. The second kappa shape index (κ2) is 10.3. The fourth-order valence-electron chi connectivity index (χ4n) is 4.30. The molecular formula is C26H26N4O3S2. The van der Waals surface area contributed by atoms with Crippen LogP contribution in [0.1, 0.15) is 29.5 Å². The number of carbonyl (C=O) groups excluding carboxylic acids is 1. The number of aryl methyl sites for hydroxylation is 1. The minimum atomic E-state index is -0.233. The minimum Gasteiger partial charge on any atom is -0.376 e. The molecule has 7 nitrogen and oxygen atoms in total. The zero-order valence-corrected chi connectivity index (χ0v) is 21.0. The molecule has 2 fully saturated rings. The van der Waals surface area contributed by atoms with E-state index in [9.17, 15) is 9.59 Å². The molecule has 1 aromatic carbocycles. The lowest BCUT2D eigenvalue weighted by molar-refractivity contribution is -0.122. The molecule has 3 aromatic rings. The molecule has 0 saturated carbocycles. The Morgan fingerprint density at radius 3 is 2.83 bits per heavy atom. The number of anilines is 1. The number of aromatic nitrogens is 2. The number of rotatable bonds is 7. The van der Waals surface area contributed by atoms with Gasteiger partial charge >= 0.3 is 0 Å². The van der Waals surface area contributed by atoms with Crippen LogP contribution in [0.25, 0.3) is 11.7 Å². The third kappa shape index (κ3) is 5.03. The summed E-state index contributed by atoms with van der Waals surface area (Å²) in [5.74, 6) is 0.268. The summed E-state index contributed by atoms with van der Waals surface area (Å²) in [5, 5.41) is 3.31. The Morgan fingerprint density at radius 1 is 1.23 bits per heavy atom. The molecule has 1 atom stereocenters. The Kier molecular flexibility index (Phi) is 6.99. The number of benzene rings is 1. The first-order valence-corrected chi connectivity index (χ1v) is 12.9. The monoisotopic (exact) mass is 506 g/mol. The van der Waals surface area contributed by atoms with Gasteiger partial charge in [0, 0.05) is 25.9 Å². The molecule has 0 aliphatic carbocycles. The Hall–Kier alpha value is -3.01. The lowest BCUT2D eigenvalue weighted by atomic mass is 10.1. The SMILES string of the molecule is Cc1cccn2c(=O)c(C=C3SC(=S)N(CCc4ccccc4)C3=O)c(NCC3CCCO3)nc12. The van der Waals surface area contributed by atoms with Crippen molar-refractivity contribution in [1.29, 1.82) is 0 Å². The number of hydrogen-bond acceptors (Lipinski definition) is 7. The number of ether oxygens (including phenoxy) is 1. The van der Waals surface area contributed by atoms with Crippen LogP contribution in [0.5, 0.6) is 0 Å². The van der Waals surface area contributed by atoms with Crippen molar-refractivity contribution in [2.45, 2.75) is 32.3 Å². The lowest BCUT2D eigenvalue weighted by Crippen LogP contribution is -2.30. The maximum Gasteiger partial charge on any atom is 0.267 e. The van der Waals surface area contributed by atoms with Gasteiger partial charge in [-0.1, -0.05) is 60.4 Å². The van der Waals surface area contributed by atoms with Crippen molar-refractivity contribution in [2.75, 3.05) is 25.0 Å². The van der Waals surface area contributed by atoms with E-state index in [2.05, 4.69) is 5.32 Å². The number of pyridine rings is 1. The van der Waals surface area contributed by atoms with E-state index in [1.54, 1.807) is 17.2 Å². The van der Waals surface area contributed by atoms with Crippen LogP contribution >= 0.6 is 24.0 Å². The number of thioether (sulfide) groups is 1. The molecule has 35 heavy (non-hydrogen) atoms. The second-order valence-corrected chi connectivity index (χ2v) is 10.3. The molecule has 2 aromatic heterocycles. The highest BCUT2D eigenvalue weighted by molar-refractivity contribution is 8.26. The van der Waals surface area contributed by atoms with E-state index < -0.39 is 0 Å². The van der Waals surface area contributed by atoms with Crippen LogP contribution in [0, 0.1) is 6.92 Å². The van der Waals surface area contributed by atoms with Gasteiger partial charge in [-0.05, 0) is 49.5 Å². The van der Waals surface area contributed by atoms with Crippen LogP contribution in [-0.2, 0) is 16.0 Å². The number of fused-ring (bicyclic) bond motifs is 1. The predicted octanol–water partition coefficient (Wildman–Crippen LogP) is 4.04. The summed E-state index contributed by atoms with van der Waals surface area (Å²) >= 11 is 6.73. The standard InChI is InChI=1S/C26H26N4O3S2/c1-17-7-5-12-29-23(17)28-22(27-16-19-10-6-14-33-19)20(24(29)31)15-21-25(32)30(26(34)35-21)13-11-18-8-3-2-4-9-18/h2-5,7-9,12,15,19,27H,6,10-11,13-14,16H2,1H3. The molecule has 1 N–H and O–H groups in total. The fraction of sp³-hybridized carbons (Fsp3) is 0.308. The third-order valence-corrected chi connectivity index (χ3v) is 7.60. The molecule has 2 aliphatic rings. The quantitative estimate of drug-likeness (QED) is 0.383. The van der Waals surface area contributed by atoms with Gasteiger partial charge in [0.15, 0.2) is 0 Å². The van der Waals surface area contributed by atoms with Gasteiger partial charge in [-0.25, -0.2) is 4.98 Å². The van der Waals surface area contributed by atoms with Crippen LogP contribution in [0.4, 0.5) is 5.82 Å². The van der Waals surface area contributed by atoms with Gasteiger partial charge in [-0.15, -0.1) is 0 Å². The van der Waals surface area contributed by atoms with Gasteiger partial charge in [0.05, 0.1) is 16.6 Å². The fourth-order valence-corrected chi connectivity index (χ4v) is 5.59. The molecule has 4 heterocycles. The van der Waals surface area contributed by atoms with Crippen molar-refractivity contribution in [3.8, 4) is 0 Å². The highest BCUT2D eigenvalue weighted by atomic mass is 32.2. The normalized spacial score (nSPS) is 19.3. The predicted molar refractivity (Wildman–Crippen MR) is 144 cm³/mol. The van der Waals surface area contributed by atoms with Crippen molar-refractivity contribution in [3.05, 3.63) is 80.6 Å². The van der Waals surface area contributed by atoms with E-state index in [4.69, 9.17) is 21.9 Å². The molecule has 1 amide bonds. The summed E-state index contributed by atoms with van der Waals surface area (Å²) < 4.78 is 7.75. The van der Waals surface area contributed by atoms with E-state index in [0.29, 0.717) is 45.8 Å². The highest BCUT2D eigenvalue weighted by Gasteiger charge is 2.32. The van der Waals surface area contributed by atoms with E-state index in [0.717, 1.165) is 30.6 Å². The van der Waals surface area contributed by atoms with E-state index in [-0.39, 0.29) is 17.6 Å². The number of nitrogens with one attached hydrogen (secondary N) is 1. The molecule has 9 heteroatoms. The van der Waals surface area contributed by atoms with E-state index in [1.165, 1.54) is 16.2 Å². The number of amides is 1. The summed E-state index contributed by atoms with van der Waals surface area (Å²) in [6.07, 6.45) is 6.10. The van der Waals surface area contributed by atoms with Gasteiger partial charge in [0.1, 0.15) is 15.8 Å². The number of thiocarbonyl (C=S) groups is 1. The Balaban J connectivity index is 1.46. The molecule has 0 bridgehead atoms. The molecule has 2 aliphatic heterocycles. The zero-order valence-electron chi connectivity index (χ0n) is 19.4. The zero-order chi connectivity index (χ0) is 24.4. The molecule has 0 spiro atoms. The van der Waals surface area contributed by atoms with Gasteiger partial charge in [-0.2, -0.15) is 0 Å². The molecule has 1 unspecified atom stereocenters. The first-order chi connectivity index (χ1) is 17.0. The number of nitrogens with zero attached hydrogens (tertiary/aromatic N) is 3. The van der Waals surface area contributed by atoms with Gasteiger partial charge < -0.3 is 10.1 Å². The average molecular weight is 507 g/mol. The van der Waals surface area contributed by atoms with Crippen LogP contribution in [0.15, 0.2) is 58.4 Å². The van der Waals surface area contributed by atoms with Crippen LogP contribution in [0.3, 0.4) is 0 Å². The van der Waals surface area contributed by atoms with Crippen molar-refractivity contribution < 1.29 is 9.53 Å². The number of hydrogen-bond donors (Lipinski definition) is 1. The van der Waals surface area contributed by atoms with Crippen molar-refractivity contribution in [1.82, 2.24) is 14.3 Å². The summed E-state index contributed by atoms with van der Waals surface area (Å²) in [6.45, 7) is 3.71. The smallest absolute Gasteiger partial charge is 0.267 e. The summed E-state index contributed by atoms with van der Waals surface area (Å²) in [5.41, 5.74) is 2.72. The van der Waals surface area contributed by atoms with E-state index in [1.807, 2.05) is 49.4 Å². The Morgan fingerprint density at radius 2 is 2.06 bits per heavy atom.